The molecule has 4 heteroatoms. The van der Waals surface area contributed by atoms with Gasteiger partial charge in [-0.25, -0.2) is 0 Å². The topological polar surface area (TPSA) is 46.5 Å². The third kappa shape index (κ3) is 3.86. The Morgan fingerprint density at radius 2 is 1.30 bits per heavy atom. The molecule has 0 aliphatic carbocycles. The monoisotopic (exact) mass is 378 g/mol. The summed E-state index contributed by atoms with van der Waals surface area (Å²) in [7, 11) is 1.64. The van der Waals surface area contributed by atoms with Crippen LogP contribution in [-0.4, -0.2) is 23.4 Å². The van der Waals surface area contributed by atoms with E-state index < -0.39 is 16.0 Å². The molecule has 0 fully saturated rings. The first kappa shape index (κ1) is 19.1. The molecule has 3 aromatic rings. The van der Waals surface area contributed by atoms with Crippen LogP contribution in [0.1, 0.15) is 23.6 Å². The largest absolute Gasteiger partial charge is 0.497 e. The first-order valence-electron chi connectivity index (χ1n) is 8.74. The van der Waals surface area contributed by atoms with Gasteiger partial charge in [-0.05, 0) is 35.7 Å². The molecular weight excluding hydrogens is 356 g/mol. The van der Waals surface area contributed by atoms with Crippen molar-refractivity contribution < 1.29 is 14.6 Å². The zero-order valence-corrected chi connectivity index (χ0v) is 16.1. The first-order chi connectivity index (χ1) is 13.1. The number of carboxylic acids is 1. The molecule has 0 aliphatic rings. The van der Waals surface area contributed by atoms with Crippen LogP contribution in [0.3, 0.4) is 0 Å². The lowest BCUT2D eigenvalue weighted by Crippen LogP contribution is -2.30. The highest BCUT2D eigenvalue weighted by Gasteiger charge is 2.40. The van der Waals surface area contributed by atoms with Crippen molar-refractivity contribution >= 4 is 17.7 Å². The van der Waals surface area contributed by atoms with Crippen molar-refractivity contribution in [2.45, 2.75) is 16.9 Å². The standard InChI is InChI=1S/C23H22O3S/c1-17(22(24)25)27-23(18-9-5-3-6-10-18,19-11-7-4-8-12-19)20-13-15-21(26-2)16-14-20/h3-17H,1-2H3,(H,24,25). The number of hydrogen-bond donors (Lipinski definition) is 1. The van der Waals surface area contributed by atoms with Crippen LogP contribution in [-0.2, 0) is 9.54 Å². The maximum Gasteiger partial charge on any atom is 0.316 e. The summed E-state index contributed by atoms with van der Waals surface area (Å²) in [6, 6.07) is 28.0. The van der Waals surface area contributed by atoms with Crippen molar-refractivity contribution in [1.82, 2.24) is 0 Å². The van der Waals surface area contributed by atoms with Crippen LogP contribution >= 0.6 is 11.8 Å². The smallest absolute Gasteiger partial charge is 0.316 e. The van der Waals surface area contributed by atoms with Crippen molar-refractivity contribution in [3.8, 4) is 5.75 Å². The van der Waals surface area contributed by atoms with Crippen LogP contribution in [0.15, 0.2) is 84.9 Å². The summed E-state index contributed by atoms with van der Waals surface area (Å²) in [5.74, 6) is -0.0604. The van der Waals surface area contributed by atoms with Gasteiger partial charge in [0.25, 0.3) is 0 Å². The van der Waals surface area contributed by atoms with Crippen molar-refractivity contribution in [3.63, 3.8) is 0 Å². The van der Waals surface area contributed by atoms with Crippen molar-refractivity contribution in [3.05, 3.63) is 102 Å². The lowest BCUT2D eigenvalue weighted by Gasteiger charge is -2.36. The molecule has 138 valence electrons. The Bertz CT molecular complexity index is 837. The van der Waals surface area contributed by atoms with E-state index in [1.165, 1.54) is 11.8 Å². The van der Waals surface area contributed by atoms with E-state index in [-0.39, 0.29) is 0 Å². The van der Waals surface area contributed by atoms with Crippen LogP contribution in [0.2, 0.25) is 0 Å². The minimum absolute atomic E-state index is 0.590. The highest BCUT2D eigenvalue weighted by atomic mass is 32.2. The molecule has 3 aromatic carbocycles. The van der Waals surface area contributed by atoms with Crippen LogP contribution in [0.5, 0.6) is 5.75 Å². The fourth-order valence-corrected chi connectivity index (χ4v) is 4.64. The van der Waals surface area contributed by atoms with E-state index in [0.29, 0.717) is 0 Å². The van der Waals surface area contributed by atoms with Crippen LogP contribution < -0.4 is 4.74 Å². The van der Waals surface area contributed by atoms with Gasteiger partial charge in [-0.2, -0.15) is 0 Å². The second-order valence-electron chi connectivity index (χ2n) is 6.24. The average molecular weight is 378 g/mol. The predicted octanol–water partition coefficient (Wildman–Crippen LogP) is 5.19. The first-order valence-corrected chi connectivity index (χ1v) is 9.62. The Balaban J connectivity index is 2.28. The number of hydrogen-bond acceptors (Lipinski definition) is 3. The van der Waals surface area contributed by atoms with Crippen molar-refractivity contribution in [2.24, 2.45) is 0 Å². The molecule has 1 atom stereocenters. The number of ether oxygens (including phenoxy) is 1. The molecule has 27 heavy (non-hydrogen) atoms. The van der Waals surface area contributed by atoms with Gasteiger partial charge in [0.05, 0.1) is 11.9 Å². The molecule has 1 unspecified atom stereocenters. The summed E-state index contributed by atoms with van der Waals surface area (Å²) in [6.45, 7) is 1.73. The van der Waals surface area contributed by atoms with E-state index >= 15 is 0 Å². The molecule has 3 nitrogen and oxygen atoms in total. The molecule has 0 radical (unpaired) electrons. The Morgan fingerprint density at radius 3 is 1.70 bits per heavy atom. The molecule has 0 bridgehead atoms. The van der Waals surface area contributed by atoms with Gasteiger partial charge in [0.15, 0.2) is 0 Å². The SMILES string of the molecule is COc1ccc(C(SC(C)C(=O)O)(c2ccccc2)c2ccccc2)cc1. The molecule has 0 aliphatic heterocycles. The van der Waals surface area contributed by atoms with Gasteiger partial charge >= 0.3 is 5.97 Å². The van der Waals surface area contributed by atoms with Gasteiger partial charge in [0.2, 0.25) is 0 Å². The molecule has 0 saturated heterocycles. The number of thioether (sulfide) groups is 1. The number of rotatable bonds is 7. The quantitative estimate of drug-likeness (QED) is 0.575. The second kappa shape index (κ2) is 8.31. The fourth-order valence-electron chi connectivity index (χ4n) is 3.19. The molecule has 0 spiro atoms. The molecule has 3 rings (SSSR count). The highest BCUT2D eigenvalue weighted by molar-refractivity contribution is 8.01. The van der Waals surface area contributed by atoms with Crippen LogP contribution in [0.4, 0.5) is 0 Å². The van der Waals surface area contributed by atoms with Crippen molar-refractivity contribution in [2.75, 3.05) is 7.11 Å². The van der Waals surface area contributed by atoms with E-state index in [9.17, 15) is 9.90 Å². The van der Waals surface area contributed by atoms with Gasteiger partial charge in [0.1, 0.15) is 11.0 Å². The molecule has 0 aromatic heterocycles. The maximum atomic E-state index is 11.7. The molecule has 0 saturated carbocycles. The number of methoxy groups -OCH3 is 1. The normalized spacial score (nSPS) is 12.4. The van der Waals surface area contributed by atoms with E-state index in [1.807, 2.05) is 60.7 Å². The van der Waals surface area contributed by atoms with Gasteiger partial charge in [0, 0.05) is 0 Å². The average Bonchev–Trinajstić information content (AvgIpc) is 2.73. The third-order valence-corrected chi connectivity index (χ3v) is 6.17. The zero-order chi connectivity index (χ0) is 19.3. The van der Waals surface area contributed by atoms with E-state index in [0.717, 1.165) is 22.4 Å². The zero-order valence-electron chi connectivity index (χ0n) is 15.3. The van der Waals surface area contributed by atoms with Crippen LogP contribution in [0, 0.1) is 0 Å². The Labute approximate surface area is 164 Å². The fraction of sp³-hybridized carbons (Fsp3) is 0.174. The van der Waals surface area contributed by atoms with Gasteiger partial charge in [-0.15, -0.1) is 11.8 Å². The second-order valence-corrected chi connectivity index (χ2v) is 7.80. The number of benzene rings is 3. The van der Waals surface area contributed by atoms with E-state index in [1.54, 1.807) is 14.0 Å². The Hall–Kier alpha value is -2.72. The number of aliphatic carboxylic acids is 1. The predicted molar refractivity (Wildman–Crippen MR) is 110 cm³/mol. The molecule has 0 heterocycles. The van der Waals surface area contributed by atoms with E-state index in [4.69, 9.17) is 4.74 Å². The summed E-state index contributed by atoms with van der Waals surface area (Å²) < 4.78 is 4.67. The van der Waals surface area contributed by atoms with Gasteiger partial charge < -0.3 is 9.84 Å². The minimum atomic E-state index is -0.829. The third-order valence-electron chi connectivity index (χ3n) is 4.56. The summed E-state index contributed by atoms with van der Waals surface area (Å²) in [4.78, 5) is 11.7. The molecular formula is C23H22O3S. The minimum Gasteiger partial charge on any atom is -0.497 e. The Morgan fingerprint density at radius 1 is 0.852 bits per heavy atom. The lowest BCUT2D eigenvalue weighted by atomic mass is 9.84. The van der Waals surface area contributed by atoms with Gasteiger partial charge in [-0.3, -0.25) is 4.79 Å². The summed E-state index contributed by atoms with van der Waals surface area (Å²) in [5.41, 5.74) is 3.10. The molecule has 0 amide bonds. The van der Waals surface area contributed by atoms with Crippen molar-refractivity contribution in [1.29, 1.82) is 0 Å². The summed E-state index contributed by atoms with van der Waals surface area (Å²) in [5, 5.41) is 9.04. The Kier molecular flexibility index (Phi) is 5.87. The highest BCUT2D eigenvalue weighted by Crippen LogP contribution is 2.50. The molecule has 1 N–H and O–H groups in total. The number of carboxylic acid groups (broad SMARTS) is 1. The number of carbonyl (C=O) groups is 1. The maximum absolute atomic E-state index is 11.7. The van der Waals surface area contributed by atoms with Gasteiger partial charge in [-0.1, -0.05) is 72.8 Å². The summed E-state index contributed by atoms with van der Waals surface area (Å²) >= 11 is 1.43. The summed E-state index contributed by atoms with van der Waals surface area (Å²) in [6.07, 6.45) is 0. The van der Waals surface area contributed by atoms with E-state index in [2.05, 4.69) is 24.3 Å². The van der Waals surface area contributed by atoms with Crippen LogP contribution in [0.25, 0.3) is 0 Å². The lowest BCUT2D eigenvalue weighted by molar-refractivity contribution is -0.136.